The molecule has 0 amide bonds. The Balaban J connectivity index is 2.12. The van der Waals surface area contributed by atoms with Crippen molar-refractivity contribution >= 4 is 10.8 Å². The van der Waals surface area contributed by atoms with Gasteiger partial charge >= 0.3 is 0 Å². The lowest BCUT2D eigenvalue weighted by molar-refractivity contribution is 0.516. The molecule has 1 saturated heterocycles. The van der Waals surface area contributed by atoms with E-state index in [1.807, 2.05) is 0 Å². The van der Waals surface area contributed by atoms with E-state index in [0.717, 1.165) is 17.4 Å². The summed E-state index contributed by atoms with van der Waals surface area (Å²) in [5.41, 5.74) is 0. The molecular weight excluding hydrogens is 144 g/mol. The van der Waals surface area contributed by atoms with Crippen LogP contribution in [-0.2, 0) is 10.8 Å². The summed E-state index contributed by atoms with van der Waals surface area (Å²) >= 11 is 0. The number of hydrogen-bond donors (Lipinski definition) is 0. The molecule has 1 aliphatic rings. The zero-order chi connectivity index (χ0) is 7.40. The summed E-state index contributed by atoms with van der Waals surface area (Å²) in [7, 11) is -0.456. The molecule has 0 unspecified atom stereocenters. The van der Waals surface area contributed by atoms with Gasteiger partial charge in [0.1, 0.15) is 0 Å². The first-order chi connectivity index (χ1) is 4.83. The molecule has 1 rings (SSSR count). The van der Waals surface area contributed by atoms with Gasteiger partial charge in [0.15, 0.2) is 0 Å². The van der Waals surface area contributed by atoms with Gasteiger partial charge in [-0.2, -0.15) is 0 Å². The molecule has 2 atom stereocenters. The van der Waals surface area contributed by atoms with E-state index in [1.54, 1.807) is 0 Å². The van der Waals surface area contributed by atoms with Crippen LogP contribution in [0.4, 0.5) is 0 Å². The van der Waals surface area contributed by atoms with E-state index in [-0.39, 0.29) is 0 Å². The van der Waals surface area contributed by atoms with E-state index in [2.05, 4.69) is 6.92 Å². The normalized spacial score (nSPS) is 32.9. The lowest BCUT2D eigenvalue weighted by Gasteiger charge is -2.04. The molecule has 1 nitrogen and oxygen atoms in total. The lowest BCUT2D eigenvalue weighted by Crippen LogP contribution is -1.99. The van der Waals surface area contributed by atoms with Crippen LogP contribution in [0.25, 0.3) is 0 Å². The first-order valence-electron chi connectivity index (χ1n) is 4.18. The summed E-state index contributed by atoms with van der Waals surface area (Å²) in [6.45, 7) is 2.21. The maximum absolute atomic E-state index is 10.9. The molecule has 0 radical (unpaired) electrons. The Hall–Kier alpha value is 0.150. The molecule has 0 aromatic rings. The Morgan fingerprint density at radius 3 is 2.90 bits per heavy atom. The van der Waals surface area contributed by atoms with Crippen molar-refractivity contribution in [2.45, 2.75) is 32.6 Å². The van der Waals surface area contributed by atoms with E-state index in [0.29, 0.717) is 0 Å². The van der Waals surface area contributed by atoms with Gasteiger partial charge in [-0.25, -0.2) is 0 Å². The van der Waals surface area contributed by atoms with Crippen molar-refractivity contribution in [1.82, 2.24) is 0 Å². The van der Waals surface area contributed by atoms with Crippen LogP contribution in [0.2, 0.25) is 0 Å². The van der Waals surface area contributed by atoms with Gasteiger partial charge < -0.3 is 0 Å². The summed E-state index contributed by atoms with van der Waals surface area (Å²) in [6, 6.07) is 0. The van der Waals surface area contributed by atoms with Crippen molar-refractivity contribution in [3.63, 3.8) is 0 Å². The van der Waals surface area contributed by atoms with Gasteiger partial charge in [-0.1, -0.05) is 19.8 Å². The lowest BCUT2D eigenvalue weighted by atomic mass is 10.0. The summed E-state index contributed by atoms with van der Waals surface area (Å²) in [5.74, 6) is 2.75. The third-order valence-electron chi connectivity index (χ3n) is 2.14. The molecule has 10 heavy (non-hydrogen) atoms. The van der Waals surface area contributed by atoms with Crippen molar-refractivity contribution in [2.75, 3.05) is 11.5 Å². The standard InChI is InChI=1S/C8H16OS/c1-2-3-4-8-5-6-10(9)7-8/h8H,2-7H2,1H3/t8-,10+/m0/s1. The Labute approximate surface area is 65.7 Å². The summed E-state index contributed by atoms with van der Waals surface area (Å²) < 4.78 is 10.9. The molecule has 0 aromatic carbocycles. The first kappa shape index (κ1) is 8.25. The minimum Gasteiger partial charge on any atom is -0.260 e. The monoisotopic (exact) mass is 160 g/mol. The van der Waals surface area contributed by atoms with E-state index < -0.39 is 10.8 Å². The van der Waals surface area contributed by atoms with Gasteiger partial charge in [0.05, 0.1) is 0 Å². The Bertz CT molecular complexity index is 122. The second-order valence-corrected chi connectivity index (χ2v) is 4.73. The average Bonchev–Trinajstić information content (AvgIpc) is 2.31. The molecule has 0 bridgehead atoms. The van der Waals surface area contributed by atoms with Crippen LogP contribution < -0.4 is 0 Å². The fourth-order valence-electron chi connectivity index (χ4n) is 1.45. The molecule has 0 aromatic heterocycles. The molecule has 60 valence electrons. The summed E-state index contributed by atoms with van der Waals surface area (Å²) in [6.07, 6.45) is 5.12. The highest BCUT2D eigenvalue weighted by atomic mass is 32.2. The molecule has 0 saturated carbocycles. The molecule has 0 aliphatic carbocycles. The fourth-order valence-corrected chi connectivity index (χ4v) is 3.07. The Morgan fingerprint density at radius 1 is 1.60 bits per heavy atom. The highest BCUT2D eigenvalue weighted by molar-refractivity contribution is 7.85. The first-order valence-corrected chi connectivity index (χ1v) is 5.66. The van der Waals surface area contributed by atoms with E-state index >= 15 is 0 Å². The van der Waals surface area contributed by atoms with E-state index in [4.69, 9.17) is 0 Å². The molecular formula is C8H16OS. The zero-order valence-corrected chi connectivity index (χ0v) is 7.45. The van der Waals surface area contributed by atoms with Gasteiger partial charge in [0.25, 0.3) is 0 Å². The van der Waals surface area contributed by atoms with Crippen LogP contribution in [0, 0.1) is 5.92 Å². The van der Waals surface area contributed by atoms with Crippen molar-refractivity contribution in [1.29, 1.82) is 0 Å². The van der Waals surface area contributed by atoms with Crippen molar-refractivity contribution in [2.24, 2.45) is 5.92 Å². The Kier molecular flexibility index (Phi) is 3.40. The van der Waals surface area contributed by atoms with Crippen LogP contribution >= 0.6 is 0 Å². The van der Waals surface area contributed by atoms with Crippen LogP contribution in [0.5, 0.6) is 0 Å². The SMILES string of the molecule is CCCC[C@H]1CC[S@@](=O)C1. The second kappa shape index (κ2) is 4.12. The van der Waals surface area contributed by atoms with Crippen LogP contribution in [0.15, 0.2) is 0 Å². The minimum absolute atomic E-state index is 0.456. The molecule has 0 N–H and O–H groups in total. The van der Waals surface area contributed by atoms with Crippen LogP contribution in [0.3, 0.4) is 0 Å². The van der Waals surface area contributed by atoms with Gasteiger partial charge in [-0.3, -0.25) is 4.21 Å². The van der Waals surface area contributed by atoms with Gasteiger partial charge in [-0.05, 0) is 18.8 Å². The number of rotatable bonds is 3. The van der Waals surface area contributed by atoms with Crippen LogP contribution in [-0.4, -0.2) is 15.7 Å². The topological polar surface area (TPSA) is 17.1 Å². The third kappa shape index (κ3) is 2.41. The summed E-state index contributed by atoms with van der Waals surface area (Å²) in [5, 5.41) is 0. The van der Waals surface area contributed by atoms with Gasteiger partial charge in [0, 0.05) is 22.3 Å². The zero-order valence-electron chi connectivity index (χ0n) is 6.64. The van der Waals surface area contributed by atoms with Crippen molar-refractivity contribution in [3.8, 4) is 0 Å². The average molecular weight is 160 g/mol. The summed E-state index contributed by atoms with van der Waals surface area (Å²) in [4.78, 5) is 0. The third-order valence-corrected chi connectivity index (χ3v) is 3.68. The molecule has 0 spiro atoms. The quantitative estimate of drug-likeness (QED) is 0.616. The molecule has 1 aliphatic heterocycles. The van der Waals surface area contributed by atoms with Crippen molar-refractivity contribution in [3.05, 3.63) is 0 Å². The molecule has 1 heterocycles. The molecule has 2 heteroatoms. The number of hydrogen-bond acceptors (Lipinski definition) is 1. The fraction of sp³-hybridized carbons (Fsp3) is 1.00. The highest BCUT2D eigenvalue weighted by Crippen LogP contribution is 2.20. The van der Waals surface area contributed by atoms with Crippen LogP contribution in [0.1, 0.15) is 32.6 Å². The minimum atomic E-state index is -0.456. The second-order valence-electron chi connectivity index (χ2n) is 3.11. The predicted octanol–water partition coefficient (Wildman–Crippen LogP) is 1.95. The largest absolute Gasteiger partial charge is 0.260 e. The molecule has 1 fully saturated rings. The maximum atomic E-state index is 10.9. The predicted molar refractivity (Wildman–Crippen MR) is 45.5 cm³/mol. The number of unbranched alkanes of at least 4 members (excludes halogenated alkanes) is 1. The highest BCUT2D eigenvalue weighted by Gasteiger charge is 2.19. The van der Waals surface area contributed by atoms with Gasteiger partial charge in [0.2, 0.25) is 0 Å². The van der Waals surface area contributed by atoms with Gasteiger partial charge in [-0.15, -0.1) is 0 Å². The van der Waals surface area contributed by atoms with E-state index in [9.17, 15) is 4.21 Å². The maximum Gasteiger partial charge on any atom is 0.0263 e. The van der Waals surface area contributed by atoms with Crippen molar-refractivity contribution < 1.29 is 4.21 Å². The van der Waals surface area contributed by atoms with E-state index in [1.165, 1.54) is 25.7 Å². The Morgan fingerprint density at radius 2 is 2.40 bits per heavy atom. The smallest absolute Gasteiger partial charge is 0.0263 e.